The summed E-state index contributed by atoms with van der Waals surface area (Å²) in [6.07, 6.45) is 0. The molecular formula is C12H17BrN2OS. The molecule has 17 heavy (non-hydrogen) atoms. The minimum atomic E-state index is -0.295. The van der Waals surface area contributed by atoms with Gasteiger partial charge in [0.25, 0.3) is 0 Å². The van der Waals surface area contributed by atoms with E-state index in [0.29, 0.717) is 11.8 Å². The first-order valence-corrected chi connectivity index (χ1v) is 7.20. The van der Waals surface area contributed by atoms with Gasteiger partial charge in [0.2, 0.25) is 5.91 Å². The van der Waals surface area contributed by atoms with Gasteiger partial charge in [0.05, 0.1) is 5.75 Å². The van der Waals surface area contributed by atoms with Gasteiger partial charge in [0.1, 0.15) is 0 Å². The molecule has 3 nitrogen and oxygen atoms in total. The summed E-state index contributed by atoms with van der Waals surface area (Å²) in [7, 11) is 0. The van der Waals surface area contributed by atoms with E-state index in [1.165, 1.54) is 17.3 Å². The van der Waals surface area contributed by atoms with E-state index in [-0.39, 0.29) is 5.91 Å². The molecular weight excluding hydrogens is 300 g/mol. The van der Waals surface area contributed by atoms with Crippen molar-refractivity contribution in [3.63, 3.8) is 0 Å². The number of carbonyl (C=O) groups excluding carboxylic acids is 1. The number of hydrogen-bond donors (Lipinski definition) is 2. The smallest absolute Gasteiger partial charge is 0.227 e. The Hall–Kier alpha value is -0.520. The normalized spacial score (nSPS) is 10.8. The zero-order valence-electron chi connectivity index (χ0n) is 10.00. The lowest BCUT2D eigenvalue weighted by Crippen LogP contribution is -2.21. The molecule has 1 rings (SSSR count). The highest BCUT2D eigenvalue weighted by Crippen LogP contribution is 2.25. The SMILES string of the molecule is CC(C)NCc1ccc(SCC(N)=O)cc1Br. The third-order valence-electron chi connectivity index (χ3n) is 2.11. The average molecular weight is 317 g/mol. The van der Waals surface area contributed by atoms with Crippen molar-refractivity contribution < 1.29 is 4.79 Å². The van der Waals surface area contributed by atoms with Crippen LogP contribution in [0.3, 0.4) is 0 Å². The highest BCUT2D eigenvalue weighted by molar-refractivity contribution is 9.10. The molecule has 94 valence electrons. The van der Waals surface area contributed by atoms with Gasteiger partial charge in [0, 0.05) is 22.0 Å². The molecule has 0 radical (unpaired) electrons. The van der Waals surface area contributed by atoms with Crippen molar-refractivity contribution in [2.75, 3.05) is 5.75 Å². The van der Waals surface area contributed by atoms with Gasteiger partial charge < -0.3 is 11.1 Å². The predicted octanol–water partition coefficient (Wildman–Crippen LogP) is 2.52. The minimum absolute atomic E-state index is 0.295. The largest absolute Gasteiger partial charge is 0.369 e. The summed E-state index contributed by atoms with van der Waals surface area (Å²) in [5.41, 5.74) is 6.32. The number of carbonyl (C=O) groups is 1. The van der Waals surface area contributed by atoms with E-state index in [1.807, 2.05) is 12.1 Å². The number of hydrogen-bond acceptors (Lipinski definition) is 3. The van der Waals surface area contributed by atoms with Crippen molar-refractivity contribution in [3.8, 4) is 0 Å². The molecule has 3 N–H and O–H groups in total. The maximum Gasteiger partial charge on any atom is 0.227 e. The number of halogens is 1. The van der Waals surface area contributed by atoms with Gasteiger partial charge in [-0.2, -0.15) is 0 Å². The monoisotopic (exact) mass is 316 g/mol. The quantitative estimate of drug-likeness (QED) is 0.793. The van der Waals surface area contributed by atoms with Crippen LogP contribution in [0.25, 0.3) is 0 Å². The Kier molecular flexibility index (Phi) is 6.02. The van der Waals surface area contributed by atoms with Crippen LogP contribution in [0, 0.1) is 0 Å². The molecule has 5 heteroatoms. The molecule has 0 spiro atoms. The number of nitrogens with one attached hydrogen (secondary N) is 1. The van der Waals surface area contributed by atoms with Gasteiger partial charge in [-0.15, -0.1) is 11.8 Å². The van der Waals surface area contributed by atoms with Crippen LogP contribution in [-0.2, 0) is 11.3 Å². The molecule has 1 aromatic carbocycles. The number of amides is 1. The first-order valence-electron chi connectivity index (χ1n) is 5.42. The summed E-state index contributed by atoms with van der Waals surface area (Å²) >= 11 is 4.99. The number of benzene rings is 1. The Labute approximate surface area is 115 Å². The van der Waals surface area contributed by atoms with Crippen LogP contribution in [0.5, 0.6) is 0 Å². The fourth-order valence-electron chi connectivity index (χ4n) is 1.23. The van der Waals surface area contributed by atoms with Crippen LogP contribution in [0.15, 0.2) is 27.6 Å². The molecule has 0 fully saturated rings. The Balaban J connectivity index is 2.62. The van der Waals surface area contributed by atoms with E-state index >= 15 is 0 Å². The van der Waals surface area contributed by atoms with Crippen molar-refractivity contribution in [2.24, 2.45) is 5.73 Å². The second kappa shape index (κ2) is 7.03. The second-order valence-electron chi connectivity index (χ2n) is 4.04. The van der Waals surface area contributed by atoms with E-state index in [4.69, 9.17) is 5.73 Å². The third-order valence-corrected chi connectivity index (χ3v) is 3.86. The van der Waals surface area contributed by atoms with Gasteiger partial charge in [-0.3, -0.25) is 4.79 Å². The van der Waals surface area contributed by atoms with E-state index in [1.54, 1.807) is 0 Å². The van der Waals surface area contributed by atoms with Crippen molar-refractivity contribution in [1.29, 1.82) is 0 Å². The van der Waals surface area contributed by atoms with Crippen LogP contribution in [0.4, 0.5) is 0 Å². The lowest BCUT2D eigenvalue weighted by atomic mass is 10.2. The molecule has 0 aliphatic heterocycles. The van der Waals surface area contributed by atoms with Gasteiger partial charge in [0.15, 0.2) is 0 Å². The predicted molar refractivity (Wildman–Crippen MR) is 76.0 cm³/mol. The summed E-state index contributed by atoms with van der Waals surface area (Å²) in [5.74, 6) is 0.0208. The van der Waals surface area contributed by atoms with E-state index in [9.17, 15) is 4.79 Å². The maximum absolute atomic E-state index is 10.7. The molecule has 0 atom stereocenters. The van der Waals surface area contributed by atoms with E-state index in [2.05, 4.69) is 41.2 Å². The lowest BCUT2D eigenvalue weighted by molar-refractivity contribution is -0.115. The summed E-state index contributed by atoms with van der Waals surface area (Å²) in [6, 6.07) is 6.55. The van der Waals surface area contributed by atoms with E-state index in [0.717, 1.165) is 15.9 Å². The van der Waals surface area contributed by atoms with Gasteiger partial charge in [-0.05, 0) is 17.7 Å². The Morgan fingerprint density at radius 2 is 2.24 bits per heavy atom. The molecule has 0 aliphatic rings. The zero-order valence-corrected chi connectivity index (χ0v) is 12.4. The second-order valence-corrected chi connectivity index (χ2v) is 5.95. The summed E-state index contributed by atoms with van der Waals surface area (Å²) < 4.78 is 1.06. The van der Waals surface area contributed by atoms with Gasteiger partial charge in [-0.1, -0.05) is 35.8 Å². The topological polar surface area (TPSA) is 55.1 Å². The molecule has 0 bridgehead atoms. The third kappa shape index (κ3) is 5.57. The Morgan fingerprint density at radius 1 is 1.53 bits per heavy atom. The van der Waals surface area contributed by atoms with Crippen LogP contribution < -0.4 is 11.1 Å². The van der Waals surface area contributed by atoms with E-state index < -0.39 is 0 Å². The van der Waals surface area contributed by atoms with Crippen LogP contribution in [-0.4, -0.2) is 17.7 Å². The standard InChI is InChI=1S/C12H17BrN2OS/c1-8(2)15-6-9-3-4-10(5-11(9)13)17-7-12(14)16/h3-5,8,15H,6-7H2,1-2H3,(H2,14,16). The highest BCUT2D eigenvalue weighted by Gasteiger charge is 2.04. The summed E-state index contributed by atoms with van der Waals surface area (Å²) in [4.78, 5) is 11.7. The molecule has 0 saturated heterocycles. The average Bonchev–Trinajstić information content (AvgIpc) is 2.24. The fourth-order valence-corrected chi connectivity index (χ4v) is 2.57. The van der Waals surface area contributed by atoms with Crippen LogP contribution in [0.1, 0.15) is 19.4 Å². The minimum Gasteiger partial charge on any atom is -0.369 e. The first kappa shape index (κ1) is 14.5. The molecule has 0 aromatic heterocycles. The van der Waals surface area contributed by atoms with Crippen LogP contribution in [0.2, 0.25) is 0 Å². The molecule has 0 unspecified atom stereocenters. The molecule has 0 heterocycles. The molecule has 1 aromatic rings. The molecule has 0 aliphatic carbocycles. The zero-order chi connectivity index (χ0) is 12.8. The van der Waals surface area contributed by atoms with Crippen molar-refractivity contribution in [2.45, 2.75) is 31.3 Å². The number of primary amides is 1. The Morgan fingerprint density at radius 3 is 2.76 bits per heavy atom. The van der Waals surface area contributed by atoms with Gasteiger partial charge in [-0.25, -0.2) is 0 Å². The lowest BCUT2D eigenvalue weighted by Gasteiger charge is -2.10. The number of rotatable bonds is 6. The maximum atomic E-state index is 10.7. The fraction of sp³-hybridized carbons (Fsp3) is 0.417. The summed E-state index contributed by atoms with van der Waals surface area (Å²) in [6.45, 7) is 5.06. The molecule has 0 saturated carbocycles. The van der Waals surface area contributed by atoms with Crippen molar-refractivity contribution >= 4 is 33.6 Å². The van der Waals surface area contributed by atoms with Crippen molar-refractivity contribution in [3.05, 3.63) is 28.2 Å². The highest BCUT2D eigenvalue weighted by atomic mass is 79.9. The van der Waals surface area contributed by atoms with Crippen LogP contribution >= 0.6 is 27.7 Å². The first-order chi connectivity index (χ1) is 7.99. The van der Waals surface area contributed by atoms with Crippen molar-refractivity contribution in [1.82, 2.24) is 5.32 Å². The number of thioether (sulfide) groups is 1. The number of nitrogens with two attached hydrogens (primary N) is 1. The van der Waals surface area contributed by atoms with Gasteiger partial charge >= 0.3 is 0 Å². The Bertz CT molecular complexity index is 396. The molecule has 1 amide bonds. The summed E-state index contributed by atoms with van der Waals surface area (Å²) in [5, 5.41) is 3.36.